The first-order chi connectivity index (χ1) is 11.6. The molecular formula is C18H14F2N2O2. The van der Waals surface area contributed by atoms with E-state index in [0.29, 0.717) is 11.8 Å². The number of rotatable bonds is 5. The number of aromatic nitrogens is 2. The van der Waals surface area contributed by atoms with Crippen molar-refractivity contribution in [1.82, 2.24) is 9.78 Å². The quantitative estimate of drug-likeness (QED) is 0.657. The van der Waals surface area contributed by atoms with E-state index in [1.165, 1.54) is 12.1 Å². The highest BCUT2D eigenvalue weighted by molar-refractivity contribution is 5.82. The number of aldehydes is 1. The molecule has 0 unspecified atom stereocenters. The Balaban J connectivity index is 2.03. The summed E-state index contributed by atoms with van der Waals surface area (Å²) in [7, 11) is 0. The van der Waals surface area contributed by atoms with E-state index in [4.69, 9.17) is 0 Å². The van der Waals surface area contributed by atoms with E-state index in [2.05, 4.69) is 9.84 Å². The number of benzene rings is 2. The number of hydrogen-bond acceptors (Lipinski definition) is 3. The zero-order valence-electron chi connectivity index (χ0n) is 12.8. The second kappa shape index (κ2) is 6.62. The molecular weight excluding hydrogens is 314 g/mol. The maximum absolute atomic E-state index is 12.5. The van der Waals surface area contributed by atoms with Crippen molar-refractivity contribution >= 4 is 6.29 Å². The Hall–Kier alpha value is -3.02. The molecule has 122 valence electrons. The number of hydrogen-bond donors (Lipinski definition) is 0. The molecule has 0 N–H and O–H groups in total. The predicted molar refractivity (Wildman–Crippen MR) is 85.8 cm³/mol. The number of aryl methyl sites for hydroxylation is 1. The van der Waals surface area contributed by atoms with E-state index in [0.717, 1.165) is 16.9 Å². The van der Waals surface area contributed by atoms with Gasteiger partial charge < -0.3 is 4.74 Å². The van der Waals surface area contributed by atoms with Crippen LogP contribution in [0.3, 0.4) is 0 Å². The average molecular weight is 328 g/mol. The van der Waals surface area contributed by atoms with Crippen molar-refractivity contribution in [3.05, 3.63) is 66.0 Å². The molecule has 0 aliphatic rings. The lowest BCUT2D eigenvalue weighted by Crippen LogP contribution is -2.04. The molecule has 0 amide bonds. The van der Waals surface area contributed by atoms with Crippen LogP contribution < -0.4 is 4.74 Å². The summed E-state index contributed by atoms with van der Waals surface area (Å²) in [5.41, 5.74) is 3.12. The van der Waals surface area contributed by atoms with Crippen LogP contribution in [0.25, 0.3) is 16.8 Å². The van der Waals surface area contributed by atoms with Crippen molar-refractivity contribution in [3.63, 3.8) is 0 Å². The molecule has 0 fully saturated rings. The molecule has 0 aliphatic carbocycles. The summed E-state index contributed by atoms with van der Waals surface area (Å²) in [6.07, 6.45) is 2.30. The lowest BCUT2D eigenvalue weighted by molar-refractivity contribution is -0.0500. The fourth-order valence-corrected chi connectivity index (χ4v) is 2.45. The first-order valence-electron chi connectivity index (χ1n) is 7.24. The van der Waals surface area contributed by atoms with Crippen molar-refractivity contribution in [2.24, 2.45) is 0 Å². The summed E-state index contributed by atoms with van der Waals surface area (Å²) in [5, 5.41) is 4.45. The van der Waals surface area contributed by atoms with Crippen molar-refractivity contribution in [2.45, 2.75) is 13.5 Å². The number of ether oxygens (including phenoxy) is 1. The van der Waals surface area contributed by atoms with E-state index < -0.39 is 6.61 Å². The van der Waals surface area contributed by atoms with Crippen LogP contribution in [0.4, 0.5) is 8.78 Å². The average Bonchev–Trinajstić information content (AvgIpc) is 2.97. The molecule has 1 aromatic heterocycles. The van der Waals surface area contributed by atoms with Gasteiger partial charge in [-0.2, -0.15) is 13.9 Å². The Morgan fingerprint density at radius 3 is 2.58 bits per heavy atom. The first kappa shape index (κ1) is 15.9. The van der Waals surface area contributed by atoms with E-state index in [1.807, 2.05) is 43.5 Å². The number of carbonyl (C=O) groups is 1. The fourth-order valence-electron chi connectivity index (χ4n) is 2.45. The Morgan fingerprint density at radius 1 is 1.17 bits per heavy atom. The molecule has 0 spiro atoms. The molecule has 3 aromatic rings. The monoisotopic (exact) mass is 328 g/mol. The van der Waals surface area contributed by atoms with Crippen molar-refractivity contribution in [2.75, 3.05) is 0 Å². The lowest BCUT2D eigenvalue weighted by Gasteiger charge is -2.09. The van der Waals surface area contributed by atoms with Crippen molar-refractivity contribution in [1.29, 1.82) is 0 Å². The lowest BCUT2D eigenvalue weighted by atomic mass is 10.0. The van der Waals surface area contributed by atoms with E-state index >= 15 is 0 Å². The molecule has 1 heterocycles. The van der Waals surface area contributed by atoms with Crippen LogP contribution >= 0.6 is 0 Å². The number of carbonyl (C=O) groups excluding carboxylic acids is 1. The number of para-hydroxylation sites is 1. The molecule has 24 heavy (non-hydrogen) atoms. The highest BCUT2D eigenvalue weighted by Gasteiger charge is 2.14. The summed E-state index contributed by atoms with van der Waals surface area (Å²) in [6, 6.07) is 14.1. The summed E-state index contributed by atoms with van der Waals surface area (Å²) >= 11 is 0. The SMILES string of the molecule is Cc1nn(-c2ccccc2)cc1-c1ccc(C=O)c(OC(F)F)c1. The Labute approximate surface area is 137 Å². The normalized spacial score (nSPS) is 10.8. The van der Waals surface area contributed by atoms with Gasteiger partial charge >= 0.3 is 6.61 Å². The van der Waals surface area contributed by atoms with Gasteiger partial charge in [-0.15, -0.1) is 0 Å². The molecule has 0 radical (unpaired) electrons. The van der Waals surface area contributed by atoms with Gasteiger partial charge in [0.1, 0.15) is 5.75 Å². The van der Waals surface area contributed by atoms with Gasteiger partial charge in [-0.05, 0) is 36.8 Å². The second-order valence-electron chi connectivity index (χ2n) is 5.16. The maximum atomic E-state index is 12.5. The Morgan fingerprint density at radius 2 is 1.92 bits per heavy atom. The smallest absolute Gasteiger partial charge is 0.387 e. The number of nitrogens with zero attached hydrogens (tertiary/aromatic N) is 2. The summed E-state index contributed by atoms with van der Waals surface area (Å²) in [4.78, 5) is 11.0. The van der Waals surface area contributed by atoms with Crippen LogP contribution in [-0.2, 0) is 0 Å². The van der Waals surface area contributed by atoms with Crippen LogP contribution in [0, 0.1) is 6.92 Å². The zero-order valence-corrected chi connectivity index (χ0v) is 12.8. The molecule has 0 bridgehead atoms. The number of halogens is 2. The van der Waals surface area contributed by atoms with Gasteiger partial charge in [0, 0.05) is 11.8 Å². The third kappa shape index (κ3) is 3.17. The molecule has 0 aliphatic heterocycles. The highest BCUT2D eigenvalue weighted by atomic mass is 19.3. The summed E-state index contributed by atoms with van der Waals surface area (Å²) in [6.45, 7) is -1.16. The van der Waals surface area contributed by atoms with Crippen molar-refractivity contribution < 1.29 is 18.3 Å². The third-order valence-corrected chi connectivity index (χ3v) is 3.59. The van der Waals surface area contributed by atoms with Gasteiger partial charge in [0.25, 0.3) is 0 Å². The Bertz CT molecular complexity index is 861. The molecule has 0 saturated carbocycles. The standard InChI is InChI=1S/C18H14F2N2O2/c1-12-16(10-22(21-12)15-5-3-2-4-6-15)13-7-8-14(11-23)17(9-13)24-18(19)20/h2-11,18H,1H3. The first-order valence-corrected chi connectivity index (χ1v) is 7.24. The van der Waals surface area contributed by atoms with Gasteiger partial charge in [0.05, 0.1) is 16.9 Å². The third-order valence-electron chi connectivity index (χ3n) is 3.59. The van der Waals surface area contributed by atoms with Crippen LogP contribution in [0.5, 0.6) is 5.75 Å². The molecule has 4 nitrogen and oxygen atoms in total. The zero-order chi connectivity index (χ0) is 17.1. The molecule has 0 saturated heterocycles. The van der Waals surface area contributed by atoms with Crippen LogP contribution in [0.1, 0.15) is 16.1 Å². The largest absolute Gasteiger partial charge is 0.434 e. The predicted octanol–water partition coefficient (Wildman–Crippen LogP) is 4.26. The summed E-state index contributed by atoms with van der Waals surface area (Å²) in [5.74, 6) is -0.149. The van der Waals surface area contributed by atoms with E-state index in [-0.39, 0.29) is 11.3 Å². The van der Waals surface area contributed by atoms with Gasteiger partial charge in [-0.25, -0.2) is 4.68 Å². The molecule has 0 atom stereocenters. The number of alkyl halides is 2. The summed E-state index contributed by atoms with van der Waals surface area (Å²) < 4.78 is 31.2. The highest BCUT2D eigenvalue weighted by Crippen LogP contribution is 2.30. The van der Waals surface area contributed by atoms with Gasteiger partial charge in [-0.1, -0.05) is 24.3 Å². The van der Waals surface area contributed by atoms with Gasteiger partial charge in [0.2, 0.25) is 0 Å². The minimum absolute atomic E-state index is 0.0761. The molecule has 6 heteroatoms. The molecule has 2 aromatic carbocycles. The second-order valence-corrected chi connectivity index (χ2v) is 5.16. The van der Waals surface area contributed by atoms with Crippen molar-refractivity contribution in [3.8, 4) is 22.6 Å². The van der Waals surface area contributed by atoms with Crippen LogP contribution in [0.15, 0.2) is 54.7 Å². The van der Waals surface area contributed by atoms with Crippen LogP contribution in [0.2, 0.25) is 0 Å². The molecule has 3 rings (SSSR count). The van der Waals surface area contributed by atoms with Gasteiger partial charge in [0.15, 0.2) is 6.29 Å². The topological polar surface area (TPSA) is 44.1 Å². The fraction of sp³-hybridized carbons (Fsp3) is 0.111. The minimum Gasteiger partial charge on any atom is -0.434 e. The maximum Gasteiger partial charge on any atom is 0.387 e. The van der Waals surface area contributed by atoms with Gasteiger partial charge in [-0.3, -0.25) is 4.79 Å². The van der Waals surface area contributed by atoms with E-state index in [1.54, 1.807) is 10.7 Å². The minimum atomic E-state index is -2.99. The Kier molecular flexibility index (Phi) is 4.37. The van der Waals surface area contributed by atoms with Crippen LogP contribution in [-0.4, -0.2) is 22.7 Å². The van der Waals surface area contributed by atoms with E-state index in [9.17, 15) is 13.6 Å².